The van der Waals surface area contributed by atoms with Crippen LogP contribution in [-0.4, -0.2) is 19.4 Å². The van der Waals surface area contributed by atoms with Gasteiger partial charge < -0.3 is 10.5 Å². The van der Waals surface area contributed by atoms with Crippen LogP contribution in [-0.2, 0) is 0 Å². The summed E-state index contributed by atoms with van der Waals surface area (Å²) in [5.41, 5.74) is 7.03. The molecule has 0 aliphatic heterocycles. The van der Waals surface area contributed by atoms with Gasteiger partial charge in [-0.05, 0) is 39.5 Å². The third-order valence-electron chi connectivity index (χ3n) is 2.43. The van der Waals surface area contributed by atoms with Crippen molar-refractivity contribution in [2.75, 3.05) is 13.7 Å². The van der Waals surface area contributed by atoms with Crippen LogP contribution in [0.25, 0.3) is 0 Å². The van der Waals surface area contributed by atoms with Gasteiger partial charge in [-0.1, -0.05) is 13.8 Å². The molecule has 0 radical (unpaired) electrons. The second-order valence-electron chi connectivity index (χ2n) is 3.87. The lowest BCUT2D eigenvalue weighted by Crippen LogP contribution is -2.15. The molecule has 88 valence electrons. The smallest absolute Gasteiger partial charge is 0.177 e. The van der Waals surface area contributed by atoms with E-state index in [-0.39, 0.29) is 12.3 Å². The highest BCUT2D eigenvalue weighted by Gasteiger charge is 2.15. The lowest BCUT2D eigenvalue weighted by atomic mass is 9.98. The van der Waals surface area contributed by atoms with Crippen LogP contribution < -0.4 is 10.5 Å². The number of halogens is 1. The van der Waals surface area contributed by atoms with Gasteiger partial charge in [0, 0.05) is 5.56 Å². The van der Waals surface area contributed by atoms with Gasteiger partial charge in [0.25, 0.3) is 0 Å². The Morgan fingerprint density at radius 1 is 1.50 bits per heavy atom. The van der Waals surface area contributed by atoms with E-state index in [2.05, 4.69) is 29.8 Å². The number of carbonyl (C=O) groups is 1. The molecule has 0 saturated carbocycles. The second-order valence-corrected chi connectivity index (χ2v) is 4.66. The molecule has 1 aromatic carbocycles. The van der Waals surface area contributed by atoms with Gasteiger partial charge in [-0.2, -0.15) is 0 Å². The van der Waals surface area contributed by atoms with Gasteiger partial charge in [0.15, 0.2) is 5.78 Å². The van der Waals surface area contributed by atoms with Gasteiger partial charge >= 0.3 is 0 Å². The van der Waals surface area contributed by atoms with Gasteiger partial charge in [0.05, 0.1) is 18.1 Å². The number of hydrogen-bond donors (Lipinski definition) is 1. The highest BCUT2D eigenvalue weighted by Crippen LogP contribution is 2.32. The minimum atomic E-state index is -0.0901. The van der Waals surface area contributed by atoms with E-state index in [9.17, 15) is 4.79 Å². The Morgan fingerprint density at radius 2 is 2.12 bits per heavy atom. The maximum Gasteiger partial charge on any atom is 0.177 e. The van der Waals surface area contributed by atoms with Crippen LogP contribution in [0.15, 0.2) is 16.6 Å². The van der Waals surface area contributed by atoms with Gasteiger partial charge in [-0.25, -0.2) is 0 Å². The summed E-state index contributed by atoms with van der Waals surface area (Å²) in [5.74, 6) is 0.919. The van der Waals surface area contributed by atoms with Crippen molar-refractivity contribution in [1.82, 2.24) is 0 Å². The number of nitrogens with two attached hydrogens (primary N) is 1. The number of Topliss-reactive ketones (excluding diaryl/α,β-unsaturated/α-hetero) is 1. The average Bonchev–Trinajstić information content (AvgIpc) is 2.28. The van der Waals surface area contributed by atoms with E-state index in [1.54, 1.807) is 7.11 Å². The van der Waals surface area contributed by atoms with Gasteiger partial charge in [-0.3, -0.25) is 4.79 Å². The molecule has 0 bridgehead atoms. The molecule has 1 rings (SSSR count). The molecular weight excluding hydrogens is 270 g/mol. The number of rotatable bonds is 4. The molecule has 0 unspecified atom stereocenters. The summed E-state index contributed by atoms with van der Waals surface area (Å²) in [5, 5.41) is 0. The van der Waals surface area contributed by atoms with Crippen molar-refractivity contribution in [2.24, 2.45) is 5.73 Å². The molecule has 1 aromatic rings. The SMILES string of the molecule is COc1cc(C(C)C)cc(C(=O)CN)c1Br. The molecule has 0 spiro atoms. The normalized spacial score (nSPS) is 10.6. The Kier molecular flexibility index (Phi) is 4.50. The summed E-state index contributed by atoms with van der Waals surface area (Å²) in [4.78, 5) is 11.7. The molecule has 0 aromatic heterocycles. The first-order valence-electron chi connectivity index (χ1n) is 5.12. The molecule has 16 heavy (non-hydrogen) atoms. The predicted octanol–water partition coefficient (Wildman–Crippen LogP) is 2.72. The van der Waals surface area contributed by atoms with E-state index in [1.807, 2.05) is 12.1 Å². The second kappa shape index (κ2) is 5.46. The Labute approximate surface area is 104 Å². The van der Waals surface area contributed by atoms with Crippen LogP contribution in [0.3, 0.4) is 0 Å². The Bertz CT molecular complexity index is 402. The molecule has 0 fully saturated rings. The summed E-state index contributed by atoms with van der Waals surface area (Å²) >= 11 is 3.36. The van der Waals surface area contributed by atoms with Gasteiger partial charge in [0.2, 0.25) is 0 Å². The number of ketones is 1. The van der Waals surface area contributed by atoms with E-state index in [1.165, 1.54) is 0 Å². The van der Waals surface area contributed by atoms with Crippen molar-refractivity contribution < 1.29 is 9.53 Å². The summed E-state index contributed by atoms with van der Waals surface area (Å²) in [6, 6.07) is 3.80. The number of ether oxygens (including phenoxy) is 1. The highest BCUT2D eigenvalue weighted by molar-refractivity contribution is 9.10. The zero-order chi connectivity index (χ0) is 12.3. The van der Waals surface area contributed by atoms with E-state index >= 15 is 0 Å². The van der Waals surface area contributed by atoms with Crippen molar-refractivity contribution in [1.29, 1.82) is 0 Å². The maximum absolute atomic E-state index is 11.7. The van der Waals surface area contributed by atoms with Crippen LogP contribution in [0.2, 0.25) is 0 Å². The zero-order valence-electron chi connectivity index (χ0n) is 9.71. The molecule has 0 aliphatic carbocycles. The van der Waals surface area contributed by atoms with Crippen LogP contribution in [0.4, 0.5) is 0 Å². The van der Waals surface area contributed by atoms with E-state index < -0.39 is 0 Å². The third-order valence-corrected chi connectivity index (χ3v) is 3.25. The van der Waals surface area contributed by atoms with Crippen molar-refractivity contribution in [3.63, 3.8) is 0 Å². The van der Waals surface area contributed by atoms with Crippen LogP contribution in [0, 0.1) is 0 Å². The first-order valence-corrected chi connectivity index (χ1v) is 5.91. The van der Waals surface area contributed by atoms with Crippen molar-refractivity contribution >= 4 is 21.7 Å². The van der Waals surface area contributed by atoms with Crippen molar-refractivity contribution in [3.8, 4) is 5.75 Å². The number of hydrogen-bond acceptors (Lipinski definition) is 3. The lowest BCUT2D eigenvalue weighted by molar-refractivity contribution is 0.1000. The molecule has 0 aliphatic rings. The maximum atomic E-state index is 11.7. The summed E-state index contributed by atoms with van der Waals surface area (Å²) in [6.07, 6.45) is 0. The monoisotopic (exact) mass is 285 g/mol. The Balaban J connectivity index is 3.35. The minimum absolute atomic E-state index is 0.00328. The quantitative estimate of drug-likeness (QED) is 0.866. The molecule has 0 amide bonds. The largest absolute Gasteiger partial charge is 0.496 e. The summed E-state index contributed by atoms with van der Waals surface area (Å²) < 4.78 is 5.91. The van der Waals surface area contributed by atoms with Crippen molar-refractivity contribution in [2.45, 2.75) is 19.8 Å². The molecule has 0 saturated heterocycles. The van der Waals surface area contributed by atoms with Crippen LogP contribution in [0.5, 0.6) is 5.75 Å². The van der Waals surface area contributed by atoms with Crippen LogP contribution >= 0.6 is 15.9 Å². The topological polar surface area (TPSA) is 52.3 Å². The number of benzene rings is 1. The molecular formula is C12H16BrNO2. The zero-order valence-corrected chi connectivity index (χ0v) is 11.3. The molecule has 0 heterocycles. The standard InChI is InChI=1S/C12H16BrNO2/c1-7(2)8-4-9(10(15)6-14)12(13)11(5-8)16-3/h4-5,7H,6,14H2,1-3H3. The Hall–Kier alpha value is -0.870. The Morgan fingerprint density at radius 3 is 2.56 bits per heavy atom. The van der Waals surface area contributed by atoms with Crippen LogP contribution in [0.1, 0.15) is 35.7 Å². The fourth-order valence-electron chi connectivity index (χ4n) is 1.41. The van der Waals surface area contributed by atoms with Gasteiger partial charge in [-0.15, -0.1) is 0 Å². The van der Waals surface area contributed by atoms with E-state index in [0.29, 0.717) is 21.7 Å². The average molecular weight is 286 g/mol. The molecule has 2 N–H and O–H groups in total. The highest BCUT2D eigenvalue weighted by atomic mass is 79.9. The van der Waals surface area contributed by atoms with Gasteiger partial charge in [0.1, 0.15) is 5.75 Å². The fraction of sp³-hybridized carbons (Fsp3) is 0.417. The van der Waals surface area contributed by atoms with Crippen molar-refractivity contribution in [3.05, 3.63) is 27.7 Å². The fourth-order valence-corrected chi connectivity index (χ4v) is 2.03. The summed E-state index contributed by atoms with van der Waals surface area (Å²) in [6.45, 7) is 4.14. The molecule has 3 nitrogen and oxygen atoms in total. The first-order chi connectivity index (χ1) is 7.51. The minimum Gasteiger partial charge on any atom is -0.496 e. The predicted molar refractivity (Wildman–Crippen MR) is 68.2 cm³/mol. The molecule has 4 heteroatoms. The lowest BCUT2D eigenvalue weighted by Gasteiger charge is -2.13. The van der Waals surface area contributed by atoms with E-state index in [0.717, 1.165) is 5.56 Å². The number of carbonyl (C=O) groups excluding carboxylic acids is 1. The molecule has 0 atom stereocenters. The number of methoxy groups -OCH3 is 1. The third kappa shape index (κ3) is 2.62. The first kappa shape index (κ1) is 13.2. The van der Waals surface area contributed by atoms with E-state index in [4.69, 9.17) is 10.5 Å². The summed E-state index contributed by atoms with van der Waals surface area (Å²) in [7, 11) is 1.58.